The van der Waals surface area contributed by atoms with Crippen LogP contribution in [-0.2, 0) is 29.9 Å². The lowest BCUT2D eigenvalue weighted by molar-refractivity contribution is -0.0366. The van der Waals surface area contributed by atoms with Crippen molar-refractivity contribution in [1.29, 1.82) is 0 Å². The molecular weight excluding hydrogens is 623 g/mol. The molecule has 6 rings (SSSR count). The summed E-state index contributed by atoms with van der Waals surface area (Å²) in [7, 11) is -0.670. The van der Waals surface area contributed by atoms with Gasteiger partial charge in [-0.2, -0.15) is 5.10 Å². The second-order valence-electron chi connectivity index (χ2n) is 15.8. The molecule has 1 atom stereocenters. The third kappa shape index (κ3) is 7.12. The van der Waals surface area contributed by atoms with Gasteiger partial charge in [-0.25, -0.2) is 14.3 Å². The number of hydrogen-bond donors (Lipinski definition) is 1. The molecular formula is C34H50BClN4O7. The molecule has 1 unspecified atom stereocenters. The Bertz CT molecular complexity index is 1480. The number of fused-ring (bicyclic) bond motifs is 1. The Morgan fingerprint density at radius 3 is 2.51 bits per heavy atom. The van der Waals surface area contributed by atoms with Gasteiger partial charge >= 0.3 is 19.3 Å². The van der Waals surface area contributed by atoms with Crippen LogP contribution in [0.15, 0.2) is 12.3 Å². The maximum absolute atomic E-state index is 12.9. The summed E-state index contributed by atoms with van der Waals surface area (Å²) >= 11 is 6.99. The number of piperidine rings is 1. The number of nitrogens with zero attached hydrogens (tertiary/aromatic N) is 3. The van der Waals surface area contributed by atoms with Crippen molar-refractivity contribution in [3.63, 3.8) is 0 Å². The Morgan fingerprint density at radius 1 is 1.13 bits per heavy atom. The fourth-order valence-corrected chi connectivity index (χ4v) is 7.72. The molecule has 11 nitrogen and oxygen atoms in total. The average molecular weight is 673 g/mol. The Balaban J connectivity index is 1.11. The highest BCUT2D eigenvalue weighted by Gasteiger charge is 2.53. The van der Waals surface area contributed by atoms with Crippen LogP contribution in [-0.4, -0.2) is 83.1 Å². The van der Waals surface area contributed by atoms with Gasteiger partial charge in [0.25, 0.3) is 0 Å². The molecule has 4 aliphatic rings. The monoisotopic (exact) mass is 672 g/mol. The highest BCUT2D eigenvalue weighted by atomic mass is 35.5. The van der Waals surface area contributed by atoms with Crippen LogP contribution >= 0.6 is 11.6 Å². The number of aromatic nitrogens is 2. The first kappa shape index (κ1) is 34.3. The maximum atomic E-state index is 12.9. The standard InChI is InChI=1S/C34H50BClN4O7/c1-31(2,3)45-30(42)39-14-10-13-34(21-39)18-22(19-34)38-29(41)44-16-12-23-25(36)17-26-24(20-37-40(26)27-11-8-9-15-43-27)28(23)35-46-32(4,5)33(6,7)47-35/h17,20,22,27H,8-16,18-19,21H2,1-7H3,(H,38,41). The van der Waals surface area contributed by atoms with Gasteiger partial charge in [0.15, 0.2) is 6.23 Å². The van der Waals surface area contributed by atoms with Gasteiger partial charge in [-0.1, -0.05) is 11.6 Å². The SMILES string of the molecule is CC(C)(C)OC(=O)N1CCCC2(CC(NC(=O)OCCc3c(Cl)cc4c(cnn4C4CCCCO4)c3B3OC(C)(C)C(C)(C)O3)C2)C1. The van der Waals surface area contributed by atoms with E-state index in [9.17, 15) is 9.59 Å². The number of alkyl carbamates (subject to hydrolysis) is 1. The van der Waals surface area contributed by atoms with Crippen LogP contribution in [0.4, 0.5) is 9.59 Å². The summed E-state index contributed by atoms with van der Waals surface area (Å²) < 4.78 is 32.3. The lowest BCUT2D eigenvalue weighted by atomic mass is 9.61. The summed E-state index contributed by atoms with van der Waals surface area (Å²) in [6.07, 6.45) is 7.93. The first-order valence-corrected chi connectivity index (χ1v) is 17.5. The number of carbonyl (C=O) groups excluding carboxylic acids is 2. The maximum Gasteiger partial charge on any atom is 0.495 e. The minimum Gasteiger partial charge on any atom is -0.449 e. The Kier molecular flexibility index (Phi) is 9.30. The number of amides is 2. The van der Waals surface area contributed by atoms with Crippen molar-refractivity contribution in [3.8, 4) is 0 Å². The van der Waals surface area contributed by atoms with E-state index in [1.165, 1.54) is 0 Å². The van der Waals surface area contributed by atoms with Crippen LogP contribution < -0.4 is 10.8 Å². The number of hydrogen-bond acceptors (Lipinski definition) is 8. The second-order valence-corrected chi connectivity index (χ2v) is 16.2. The molecule has 3 aliphatic heterocycles. The van der Waals surface area contributed by atoms with Crippen LogP contribution in [0, 0.1) is 5.41 Å². The zero-order valence-corrected chi connectivity index (χ0v) is 29.7. The minimum atomic E-state index is -0.670. The zero-order chi connectivity index (χ0) is 33.8. The van der Waals surface area contributed by atoms with Gasteiger partial charge in [-0.05, 0) is 116 Å². The van der Waals surface area contributed by atoms with E-state index in [4.69, 9.17) is 40.2 Å². The molecule has 0 radical (unpaired) electrons. The molecule has 47 heavy (non-hydrogen) atoms. The number of nitrogens with one attached hydrogen (secondary N) is 1. The van der Waals surface area contributed by atoms with E-state index in [1.54, 1.807) is 0 Å². The topological polar surface area (TPSA) is 113 Å². The zero-order valence-electron chi connectivity index (χ0n) is 28.9. The van der Waals surface area contributed by atoms with Gasteiger partial charge in [-0.15, -0.1) is 0 Å². The largest absolute Gasteiger partial charge is 0.495 e. The van der Waals surface area contributed by atoms with Crippen molar-refractivity contribution in [2.24, 2.45) is 5.41 Å². The van der Waals surface area contributed by atoms with E-state index < -0.39 is 30.0 Å². The molecule has 3 saturated heterocycles. The molecule has 4 heterocycles. The summed E-state index contributed by atoms with van der Waals surface area (Å²) in [5.41, 5.74) is 0.867. The predicted molar refractivity (Wildman–Crippen MR) is 180 cm³/mol. The van der Waals surface area contributed by atoms with Crippen molar-refractivity contribution >= 4 is 47.3 Å². The number of halogens is 1. The third-order valence-electron chi connectivity index (χ3n) is 10.5. The molecule has 0 bridgehead atoms. The van der Waals surface area contributed by atoms with Crippen molar-refractivity contribution in [2.45, 2.75) is 129 Å². The number of benzene rings is 1. The summed E-state index contributed by atoms with van der Waals surface area (Å²) in [4.78, 5) is 27.4. The Morgan fingerprint density at radius 2 is 1.85 bits per heavy atom. The highest BCUT2D eigenvalue weighted by Crippen LogP contribution is 2.48. The van der Waals surface area contributed by atoms with E-state index in [0.29, 0.717) is 31.1 Å². The fourth-order valence-electron chi connectivity index (χ4n) is 7.42. The molecule has 1 spiro atoms. The molecule has 1 aromatic carbocycles. The summed E-state index contributed by atoms with van der Waals surface area (Å²) in [5, 5.41) is 9.17. The van der Waals surface area contributed by atoms with Gasteiger partial charge in [0.1, 0.15) is 5.60 Å². The first-order chi connectivity index (χ1) is 22.1. The third-order valence-corrected chi connectivity index (χ3v) is 10.8. The molecule has 2 aromatic rings. The summed E-state index contributed by atoms with van der Waals surface area (Å²) in [6.45, 7) is 15.9. The first-order valence-electron chi connectivity index (χ1n) is 17.1. The van der Waals surface area contributed by atoms with E-state index in [-0.39, 0.29) is 30.4 Å². The van der Waals surface area contributed by atoms with E-state index in [0.717, 1.165) is 66.9 Å². The fraction of sp³-hybridized carbons (Fsp3) is 0.735. The number of carbonyl (C=O) groups is 2. The molecule has 258 valence electrons. The summed E-state index contributed by atoms with van der Waals surface area (Å²) in [5.74, 6) is 0. The van der Waals surface area contributed by atoms with E-state index in [2.05, 4.69) is 5.32 Å². The second kappa shape index (κ2) is 12.7. The quantitative estimate of drug-likeness (QED) is 0.365. The van der Waals surface area contributed by atoms with Crippen LogP contribution in [0.25, 0.3) is 10.9 Å². The van der Waals surface area contributed by atoms with Crippen molar-refractivity contribution in [2.75, 3.05) is 26.3 Å². The molecule has 13 heteroatoms. The molecule has 1 saturated carbocycles. The van der Waals surface area contributed by atoms with Crippen molar-refractivity contribution in [1.82, 2.24) is 20.0 Å². The van der Waals surface area contributed by atoms with Gasteiger partial charge in [-0.3, -0.25) is 0 Å². The number of ether oxygens (including phenoxy) is 3. The van der Waals surface area contributed by atoms with Crippen LogP contribution in [0.2, 0.25) is 5.02 Å². The molecule has 2 amide bonds. The summed E-state index contributed by atoms with van der Waals surface area (Å²) in [6, 6.07) is 1.93. The minimum absolute atomic E-state index is 0.00850. The van der Waals surface area contributed by atoms with Crippen LogP contribution in [0.3, 0.4) is 0 Å². The molecule has 1 aromatic heterocycles. The van der Waals surface area contributed by atoms with E-state index >= 15 is 0 Å². The van der Waals surface area contributed by atoms with Crippen molar-refractivity contribution in [3.05, 3.63) is 22.8 Å². The van der Waals surface area contributed by atoms with Gasteiger partial charge < -0.3 is 33.7 Å². The Labute approximate surface area is 283 Å². The van der Waals surface area contributed by atoms with Gasteiger partial charge in [0, 0.05) is 42.6 Å². The van der Waals surface area contributed by atoms with E-state index in [1.807, 2.05) is 70.3 Å². The normalized spacial score (nSPS) is 27.1. The Hall–Kier alpha value is -2.54. The lowest BCUT2D eigenvalue weighted by Gasteiger charge is -2.52. The predicted octanol–water partition coefficient (Wildman–Crippen LogP) is 6.14. The number of likely N-dealkylation sites (tertiary alicyclic amines) is 1. The van der Waals surface area contributed by atoms with Crippen LogP contribution in [0.5, 0.6) is 0 Å². The van der Waals surface area contributed by atoms with Crippen molar-refractivity contribution < 1.29 is 33.1 Å². The molecule has 4 fully saturated rings. The highest BCUT2D eigenvalue weighted by molar-refractivity contribution is 6.66. The number of rotatable bonds is 6. The lowest BCUT2D eigenvalue weighted by Crippen LogP contribution is -2.58. The van der Waals surface area contributed by atoms with Crippen LogP contribution in [0.1, 0.15) is 105 Å². The smallest absolute Gasteiger partial charge is 0.449 e. The molecule has 1 N–H and O–H groups in total. The van der Waals surface area contributed by atoms with Gasteiger partial charge in [0.05, 0.1) is 29.5 Å². The van der Waals surface area contributed by atoms with Gasteiger partial charge in [0.2, 0.25) is 0 Å². The molecule has 1 aliphatic carbocycles. The average Bonchev–Trinajstić information content (AvgIpc) is 3.48.